The van der Waals surface area contributed by atoms with Crippen LogP contribution >= 0.6 is 0 Å². The summed E-state index contributed by atoms with van der Waals surface area (Å²) < 4.78 is 18.7. The van der Waals surface area contributed by atoms with Gasteiger partial charge in [0.25, 0.3) is 0 Å². The molecule has 0 aliphatic carbocycles. The van der Waals surface area contributed by atoms with Crippen LogP contribution in [-0.4, -0.2) is 71.2 Å². The summed E-state index contributed by atoms with van der Waals surface area (Å²) in [6, 6.07) is 7.56. The molecule has 2 aromatic rings. The lowest BCUT2D eigenvalue weighted by molar-refractivity contribution is -0.134. The maximum Gasteiger partial charge on any atom is 0.223 e. The molecule has 9 heteroatoms. The van der Waals surface area contributed by atoms with E-state index < -0.39 is 6.10 Å². The summed E-state index contributed by atoms with van der Waals surface area (Å²) in [6.07, 6.45) is 5.38. The molecule has 2 N–H and O–H groups in total. The van der Waals surface area contributed by atoms with Crippen molar-refractivity contribution in [2.45, 2.75) is 56.9 Å². The van der Waals surface area contributed by atoms with Gasteiger partial charge >= 0.3 is 0 Å². The van der Waals surface area contributed by atoms with Gasteiger partial charge in [0.15, 0.2) is 0 Å². The normalized spacial score (nSPS) is 24.2. The molecule has 32 heavy (non-hydrogen) atoms. The zero-order chi connectivity index (χ0) is 22.3. The van der Waals surface area contributed by atoms with E-state index in [0.29, 0.717) is 19.8 Å². The van der Waals surface area contributed by atoms with Crippen molar-refractivity contribution in [1.82, 2.24) is 20.3 Å². The molecule has 1 amide bonds. The first-order valence-corrected chi connectivity index (χ1v) is 11.4. The molecule has 0 spiro atoms. The van der Waals surface area contributed by atoms with Gasteiger partial charge in [0.05, 0.1) is 32.1 Å². The zero-order valence-corrected chi connectivity index (χ0v) is 18.5. The lowest BCUT2D eigenvalue weighted by atomic mass is 9.94. The van der Waals surface area contributed by atoms with Crippen molar-refractivity contribution in [2.75, 3.05) is 26.9 Å². The van der Waals surface area contributed by atoms with Gasteiger partial charge in [-0.1, -0.05) is 17.3 Å². The number of rotatable bonds is 8. The molecule has 1 aromatic carbocycles. The van der Waals surface area contributed by atoms with Gasteiger partial charge < -0.3 is 24.6 Å². The standard InChI is InChI=1S/C23H32N4O5/c1-30-21-5-3-2-4-18(21)20-14-27(26-25-20)11-8-17-6-7-19(22(15-28)32-17)24-23(29)16-9-12-31-13-10-16/h2-5,14,16-17,19,22,28H,6-13,15H2,1H3,(H,24,29)/t17-,19+,22-/m0/s1. The van der Waals surface area contributed by atoms with Crippen LogP contribution in [0.1, 0.15) is 32.1 Å². The number of benzene rings is 1. The lowest BCUT2D eigenvalue weighted by Crippen LogP contribution is -2.52. The molecule has 174 valence electrons. The Morgan fingerprint density at radius 2 is 2.06 bits per heavy atom. The fraction of sp³-hybridized carbons (Fsp3) is 0.609. The molecule has 2 aliphatic rings. The van der Waals surface area contributed by atoms with Crippen LogP contribution in [-0.2, 0) is 20.8 Å². The average Bonchev–Trinajstić information content (AvgIpc) is 3.32. The van der Waals surface area contributed by atoms with Crippen molar-refractivity contribution in [3.8, 4) is 17.0 Å². The Bertz CT molecular complexity index is 883. The third-order valence-electron chi connectivity index (χ3n) is 6.32. The van der Waals surface area contributed by atoms with Crippen LogP contribution in [0.2, 0.25) is 0 Å². The SMILES string of the molecule is COc1ccccc1-c1cn(CC[C@@H]2CC[C@@H](NC(=O)C3CCOCC3)[C@H](CO)O2)nn1. The number of aryl methyl sites for hydroxylation is 1. The Kier molecular flexibility index (Phi) is 7.72. The number of nitrogens with one attached hydrogen (secondary N) is 1. The van der Waals surface area contributed by atoms with Gasteiger partial charge in [-0.15, -0.1) is 5.10 Å². The number of amides is 1. The Labute approximate surface area is 188 Å². The van der Waals surface area contributed by atoms with Crippen molar-refractivity contribution in [2.24, 2.45) is 5.92 Å². The summed E-state index contributed by atoms with van der Waals surface area (Å²) >= 11 is 0. The second-order valence-corrected chi connectivity index (χ2v) is 8.41. The van der Waals surface area contributed by atoms with Crippen molar-refractivity contribution < 1.29 is 24.1 Å². The van der Waals surface area contributed by atoms with Gasteiger partial charge in [-0.3, -0.25) is 9.48 Å². The van der Waals surface area contributed by atoms with Crippen molar-refractivity contribution in [3.63, 3.8) is 0 Å². The molecule has 3 heterocycles. The van der Waals surface area contributed by atoms with E-state index in [2.05, 4.69) is 15.6 Å². The molecule has 3 atom stereocenters. The van der Waals surface area contributed by atoms with Crippen molar-refractivity contribution in [3.05, 3.63) is 30.5 Å². The Hall–Kier alpha value is -2.49. The summed E-state index contributed by atoms with van der Waals surface area (Å²) in [5.74, 6) is 0.797. The molecule has 4 rings (SSSR count). The fourth-order valence-corrected chi connectivity index (χ4v) is 4.43. The summed E-state index contributed by atoms with van der Waals surface area (Å²) in [6.45, 7) is 1.80. The number of ether oxygens (including phenoxy) is 3. The van der Waals surface area contributed by atoms with Crippen LogP contribution < -0.4 is 10.1 Å². The molecule has 0 bridgehead atoms. The molecule has 9 nitrogen and oxygen atoms in total. The van der Waals surface area contributed by atoms with Gasteiger partial charge in [0.2, 0.25) is 5.91 Å². The highest BCUT2D eigenvalue weighted by atomic mass is 16.5. The summed E-state index contributed by atoms with van der Waals surface area (Å²) in [5, 5.41) is 21.4. The number of carbonyl (C=O) groups is 1. The first-order valence-electron chi connectivity index (χ1n) is 11.4. The highest BCUT2D eigenvalue weighted by Gasteiger charge is 2.33. The molecule has 2 aliphatic heterocycles. The van der Waals surface area contributed by atoms with E-state index >= 15 is 0 Å². The van der Waals surface area contributed by atoms with Crippen LogP contribution in [0.4, 0.5) is 0 Å². The van der Waals surface area contributed by atoms with Gasteiger partial charge in [-0.25, -0.2) is 0 Å². The largest absolute Gasteiger partial charge is 0.496 e. The van der Waals surface area contributed by atoms with Crippen LogP contribution in [0.15, 0.2) is 30.5 Å². The van der Waals surface area contributed by atoms with E-state index in [-0.39, 0.29) is 30.6 Å². The van der Waals surface area contributed by atoms with Crippen LogP contribution in [0, 0.1) is 5.92 Å². The van der Waals surface area contributed by atoms with E-state index in [4.69, 9.17) is 14.2 Å². The summed E-state index contributed by atoms with van der Waals surface area (Å²) in [5.41, 5.74) is 1.66. The number of hydrogen-bond donors (Lipinski definition) is 2. The minimum Gasteiger partial charge on any atom is -0.496 e. The van der Waals surface area contributed by atoms with E-state index in [0.717, 1.165) is 49.1 Å². The van der Waals surface area contributed by atoms with Gasteiger partial charge in [-0.05, 0) is 44.2 Å². The van der Waals surface area contributed by atoms with Crippen LogP contribution in [0.25, 0.3) is 11.3 Å². The van der Waals surface area contributed by atoms with Gasteiger partial charge in [0.1, 0.15) is 17.5 Å². The van der Waals surface area contributed by atoms with Crippen molar-refractivity contribution >= 4 is 5.91 Å². The second kappa shape index (κ2) is 10.9. The predicted molar refractivity (Wildman–Crippen MR) is 117 cm³/mol. The van der Waals surface area contributed by atoms with E-state index in [1.807, 2.05) is 30.5 Å². The topological polar surface area (TPSA) is 108 Å². The number of methoxy groups -OCH3 is 1. The first-order chi connectivity index (χ1) is 15.7. The first kappa shape index (κ1) is 22.7. The number of carbonyl (C=O) groups excluding carboxylic acids is 1. The Morgan fingerprint density at radius 3 is 2.84 bits per heavy atom. The second-order valence-electron chi connectivity index (χ2n) is 8.41. The van der Waals surface area contributed by atoms with Gasteiger partial charge in [-0.2, -0.15) is 0 Å². The number of nitrogens with zero attached hydrogens (tertiary/aromatic N) is 3. The summed E-state index contributed by atoms with van der Waals surface area (Å²) in [7, 11) is 1.64. The number of aliphatic hydroxyl groups excluding tert-OH is 1. The zero-order valence-electron chi connectivity index (χ0n) is 18.5. The number of aliphatic hydroxyl groups is 1. The smallest absolute Gasteiger partial charge is 0.223 e. The third-order valence-corrected chi connectivity index (χ3v) is 6.32. The summed E-state index contributed by atoms with van der Waals surface area (Å²) in [4.78, 5) is 12.6. The predicted octanol–water partition coefficient (Wildman–Crippen LogP) is 1.80. The third kappa shape index (κ3) is 5.46. The van der Waals surface area contributed by atoms with E-state index in [1.54, 1.807) is 11.8 Å². The molecule has 2 saturated heterocycles. The van der Waals surface area contributed by atoms with Crippen molar-refractivity contribution in [1.29, 1.82) is 0 Å². The van der Waals surface area contributed by atoms with E-state index in [1.165, 1.54) is 0 Å². The quantitative estimate of drug-likeness (QED) is 0.639. The number of para-hydroxylation sites is 1. The number of hydrogen-bond acceptors (Lipinski definition) is 7. The van der Waals surface area contributed by atoms with Crippen LogP contribution in [0.3, 0.4) is 0 Å². The molecule has 2 fully saturated rings. The molecule has 1 aromatic heterocycles. The van der Waals surface area contributed by atoms with Gasteiger partial charge in [0, 0.05) is 31.2 Å². The van der Waals surface area contributed by atoms with Crippen LogP contribution in [0.5, 0.6) is 5.75 Å². The minimum atomic E-state index is -0.391. The highest BCUT2D eigenvalue weighted by molar-refractivity contribution is 5.79. The van der Waals surface area contributed by atoms with E-state index in [9.17, 15) is 9.90 Å². The number of aromatic nitrogens is 3. The average molecular weight is 445 g/mol. The maximum absolute atomic E-state index is 12.6. The maximum atomic E-state index is 12.6. The Morgan fingerprint density at radius 1 is 1.25 bits per heavy atom. The molecule has 0 unspecified atom stereocenters. The fourth-order valence-electron chi connectivity index (χ4n) is 4.43. The monoisotopic (exact) mass is 444 g/mol. The molecular formula is C23H32N4O5. The molecule has 0 saturated carbocycles. The Balaban J connectivity index is 1.28. The minimum absolute atomic E-state index is 0.00212. The molecular weight excluding hydrogens is 412 g/mol. The highest BCUT2D eigenvalue weighted by Crippen LogP contribution is 2.28. The molecule has 0 radical (unpaired) electrons. The lowest BCUT2D eigenvalue weighted by Gasteiger charge is -2.37.